The number of benzene rings is 1. The second-order valence-electron chi connectivity index (χ2n) is 8.40. The minimum absolute atomic E-state index is 0.0267. The van der Waals surface area contributed by atoms with Gasteiger partial charge in [-0.2, -0.15) is 0 Å². The highest BCUT2D eigenvalue weighted by atomic mass is 19.1. The number of amides is 1. The summed E-state index contributed by atoms with van der Waals surface area (Å²) in [7, 11) is 0. The third-order valence-electron chi connectivity index (χ3n) is 6.59. The number of hydrogen-bond donors (Lipinski definition) is 0. The standard InChI is InChI=1S/C20H26FNO2/c1-18(2)14-20(18,15-4-6-16(21)7-5-15)17(23)22-11-9-19(10-12-22)8-3-13-24-19/h4-7H,3,8-14H2,1-2H3/t20-/m0/s1. The molecule has 2 saturated heterocycles. The van der Waals surface area contributed by atoms with Crippen molar-refractivity contribution in [3.8, 4) is 0 Å². The molecule has 0 bridgehead atoms. The Kier molecular flexibility index (Phi) is 3.54. The van der Waals surface area contributed by atoms with Crippen LogP contribution in [0.4, 0.5) is 4.39 Å². The van der Waals surface area contributed by atoms with Crippen LogP contribution in [0.2, 0.25) is 0 Å². The molecule has 1 aliphatic carbocycles. The quantitative estimate of drug-likeness (QED) is 0.827. The minimum Gasteiger partial charge on any atom is -0.375 e. The molecule has 3 nitrogen and oxygen atoms in total. The molecule has 0 unspecified atom stereocenters. The number of nitrogens with zero attached hydrogens (tertiary/aromatic N) is 1. The third-order valence-corrected chi connectivity index (χ3v) is 6.59. The summed E-state index contributed by atoms with van der Waals surface area (Å²) in [6.07, 6.45) is 4.99. The van der Waals surface area contributed by atoms with E-state index in [1.165, 1.54) is 12.1 Å². The summed E-state index contributed by atoms with van der Waals surface area (Å²) in [6.45, 7) is 6.69. The zero-order chi connectivity index (χ0) is 17.0. The van der Waals surface area contributed by atoms with E-state index in [0.717, 1.165) is 57.4 Å². The van der Waals surface area contributed by atoms with Gasteiger partial charge in [0.25, 0.3) is 0 Å². The van der Waals surface area contributed by atoms with Crippen LogP contribution in [0, 0.1) is 11.2 Å². The van der Waals surface area contributed by atoms with Gasteiger partial charge in [-0.05, 0) is 55.2 Å². The van der Waals surface area contributed by atoms with Crippen molar-refractivity contribution in [1.82, 2.24) is 4.90 Å². The fraction of sp³-hybridized carbons (Fsp3) is 0.650. The van der Waals surface area contributed by atoms with Gasteiger partial charge in [0.2, 0.25) is 5.91 Å². The maximum Gasteiger partial charge on any atom is 0.233 e. The number of piperidine rings is 1. The highest BCUT2D eigenvalue weighted by molar-refractivity contribution is 5.93. The van der Waals surface area contributed by atoms with E-state index in [9.17, 15) is 9.18 Å². The van der Waals surface area contributed by atoms with E-state index >= 15 is 0 Å². The summed E-state index contributed by atoms with van der Waals surface area (Å²) in [6, 6.07) is 6.51. The Morgan fingerprint density at radius 2 is 1.75 bits per heavy atom. The van der Waals surface area contributed by atoms with Crippen LogP contribution in [-0.4, -0.2) is 36.1 Å². The van der Waals surface area contributed by atoms with Crippen molar-refractivity contribution < 1.29 is 13.9 Å². The maximum atomic E-state index is 13.4. The Labute approximate surface area is 143 Å². The van der Waals surface area contributed by atoms with Crippen LogP contribution in [0.1, 0.15) is 51.5 Å². The second kappa shape index (κ2) is 5.29. The van der Waals surface area contributed by atoms with Gasteiger partial charge in [-0.1, -0.05) is 26.0 Å². The highest BCUT2D eigenvalue weighted by Gasteiger charge is 2.68. The molecule has 0 aromatic heterocycles. The van der Waals surface area contributed by atoms with Crippen molar-refractivity contribution >= 4 is 5.91 Å². The van der Waals surface area contributed by atoms with Crippen molar-refractivity contribution in [3.05, 3.63) is 35.6 Å². The van der Waals surface area contributed by atoms with Crippen LogP contribution in [0.25, 0.3) is 0 Å². The smallest absolute Gasteiger partial charge is 0.233 e. The Hall–Kier alpha value is -1.42. The average molecular weight is 331 g/mol. The van der Waals surface area contributed by atoms with Gasteiger partial charge in [0.15, 0.2) is 0 Å². The summed E-state index contributed by atoms with van der Waals surface area (Å²) in [5.74, 6) is -0.0370. The third kappa shape index (κ3) is 2.30. The van der Waals surface area contributed by atoms with Crippen molar-refractivity contribution in [2.24, 2.45) is 5.41 Å². The molecule has 4 heteroatoms. The SMILES string of the molecule is CC1(C)C[C@@]1(C(=O)N1CCC2(CCCO2)CC1)c1ccc(F)cc1. The zero-order valence-corrected chi connectivity index (χ0v) is 14.6. The van der Waals surface area contributed by atoms with Crippen LogP contribution in [0.15, 0.2) is 24.3 Å². The molecule has 1 amide bonds. The van der Waals surface area contributed by atoms with E-state index in [0.29, 0.717) is 0 Å². The number of carbonyl (C=O) groups excluding carboxylic acids is 1. The lowest BCUT2D eigenvalue weighted by molar-refractivity contribution is -0.139. The summed E-state index contributed by atoms with van der Waals surface area (Å²) >= 11 is 0. The predicted octanol–water partition coefficient (Wildman–Crippen LogP) is 3.67. The number of halogens is 1. The number of rotatable bonds is 2. The summed E-state index contributed by atoms with van der Waals surface area (Å²) in [5.41, 5.74) is 0.429. The van der Waals surface area contributed by atoms with E-state index in [2.05, 4.69) is 13.8 Å². The first kappa shape index (κ1) is 16.1. The first-order valence-corrected chi connectivity index (χ1v) is 9.08. The fourth-order valence-corrected chi connectivity index (χ4v) is 4.87. The van der Waals surface area contributed by atoms with Gasteiger partial charge < -0.3 is 9.64 Å². The van der Waals surface area contributed by atoms with Gasteiger partial charge in [0.1, 0.15) is 5.82 Å². The molecule has 1 atom stereocenters. The lowest BCUT2D eigenvalue weighted by atomic mass is 9.84. The van der Waals surface area contributed by atoms with Crippen molar-refractivity contribution in [1.29, 1.82) is 0 Å². The van der Waals surface area contributed by atoms with Crippen molar-refractivity contribution in [3.63, 3.8) is 0 Å². The Bertz CT molecular complexity index is 638. The van der Waals surface area contributed by atoms with Crippen molar-refractivity contribution in [2.45, 2.75) is 57.0 Å². The number of carbonyl (C=O) groups is 1. The largest absolute Gasteiger partial charge is 0.375 e. The lowest BCUT2D eigenvalue weighted by Gasteiger charge is -2.40. The molecule has 4 rings (SSSR count). The Morgan fingerprint density at radius 3 is 2.25 bits per heavy atom. The molecule has 1 spiro atoms. The van der Waals surface area contributed by atoms with Gasteiger partial charge in [0, 0.05) is 19.7 Å². The molecule has 3 aliphatic rings. The van der Waals surface area contributed by atoms with E-state index < -0.39 is 5.41 Å². The van der Waals surface area contributed by atoms with Gasteiger partial charge in [-0.25, -0.2) is 4.39 Å². The van der Waals surface area contributed by atoms with E-state index in [1.807, 2.05) is 4.90 Å². The molecule has 0 radical (unpaired) electrons. The number of ether oxygens (including phenoxy) is 1. The first-order valence-electron chi connectivity index (χ1n) is 9.08. The molecule has 130 valence electrons. The predicted molar refractivity (Wildman–Crippen MR) is 90.2 cm³/mol. The number of likely N-dealkylation sites (tertiary alicyclic amines) is 1. The first-order chi connectivity index (χ1) is 11.4. The van der Waals surface area contributed by atoms with Gasteiger partial charge in [-0.3, -0.25) is 4.79 Å². The Balaban J connectivity index is 1.55. The van der Waals surface area contributed by atoms with Crippen LogP contribution in [-0.2, 0) is 14.9 Å². The maximum absolute atomic E-state index is 13.4. The molecule has 2 aliphatic heterocycles. The fourth-order valence-electron chi connectivity index (χ4n) is 4.87. The topological polar surface area (TPSA) is 29.5 Å². The lowest BCUT2D eigenvalue weighted by Crippen LogP contribution is -2.50. The molecule has 3 fully saturated rings. The normalized spacial score (nSPS) is 30.5. The summed E-state index contributed by atoms with van der Waals surface area (Å²) in [5, 5.41) is 0. The molecule has 1 saturated carbocycles. The highest BCUT2D eigenvalue weighted by Crippen LogP contribution is 2.65. The molecule has 1 aromatic carbocycles. The van der Waals surface area contributed by atoms with Crippen LogP contribution < -0.4 is 0 Å². The monoisotopic (exact) mass is 331 g/mol. The van der Waals surface area contributed by atoms with Crippen LogP contribution >= 0.6 is 0 Å². The molecular formula is C20H26FNO2. The van der Waals surface area contributed by atoms with Gasteiger partial charge in [0.05, 0.1) is 11.0 Å². The van der Waals surface area contributed by atoms with E-state index in [-0.39, 0.29) is 22.7 Å². The Morgan fingerprint density at radius 1 is 1.12 bits per heavy atom. The molecule has 1 aromatic rings. The van der Waals surface area contributed by atoms with E-state index in [4.69, 9.17) is 4.74 Å². The van der Waals surface area contributed by atoms with Crippen molar-refractivity contribution in [2.75, 3.05) is 19.7 Å². The molecule has 0 N–H and O–H groups in total. The number of hydrogen-bond acceptors (Lipinski definition) is 2. The summed E-state index contributed by atoms with van der Waals surface area (Å²) in [4.78, 5) is 15.4. The zero-order valence-electron chi connectivity index (χ0n) is 14.6. The van der Waals surface area contributed by atoms with Crippen LogP contribution in [0.5, 0.6) is 0 Å². The average Bonchev–Trinajstić information content (AvgIpc) is 2.91. The van der Waals surface area contributed by atoms with E-state index in [1.54, 1.807) is 12.1 Å². The second-order valence-corrected chi connectivity index (χ2v) is 8.40. The molecule has 2 heterocycles. The minimum atomic E-state index is -0.484. The summed E-state index contributed by atoms with van der Waals surface area (Å²) < 4.78 is 19.3. The van der Waals surface area contributed by atoms with Gasteiger partial charge in [-0.15, -0.1) is 0 Å². The van der Waals surface area contributed by atoms with Gasteiger partial charge >= 0.3 is 0 Å². The molecular weight excluding hydrogens is 305 g/mol. The van der Waals surface area contributed by atoms with Crippen LogP contribution in [0.3, 0.4) is 0 Å². The molecule has 24 heavy (non-hydrogen) atoms.